The van der Waals surface area contributed by atoms with E-state index in [9.17, 15) is 14.4 Å². The molecular weight excluding hydrogens is 440 g/mol. The highest BCUT2D eigenvalue weighted by atomic mass is 35.5. The molecule has 2 amide bonds. The van der Waals surface area contributed by atoms with Crippen LogP contribution in [0.15, 0.2) is 71.4 Å². The van der Waals surface area contributed by atoms with Crippen LogP contribution in [0.2, 0.25) is 0 Å². The maximum Gasteiger partial charge on any atom is 0.405 e. The molecule has 0 aliphatic heterocycles. The van der Waals surface area contributed by atoms with Gasteiger partial charge in [-0.25, -0.2) is 4.79 Å². The molecule has 0 bridgehead atoms. The van der Waals surface area contributed by atoms with E-state index in [1.807, 2.05) is 63.3 Å². The lowest BCUT2D eigenvalue weighted by atomic mass is 9.99. The highest BCUT2D eigenvalue weighted by Gasteiger charge is 2.12. The molecule has 0 radical (unpaired) electrons. The van der Waals surface area contributed by atoms with E-state index in [1.54, 1.807) is 12.2 Å². The molecule has 0 aliphatic rings. The van der Waals surface area contributed by atoms with Crippen molar-refractivity contribution in [2.24, 2.45) is 17.4 Å². The van der Waals surface area contributed by atoms with Crippen LogP contribution in [0.5, 0.6) is 0 Å². The number of allylic oxidation sites excluding steroid dienone is 10. The van der Waals surface area contributed by atoms with E-state index >= 15 is 0 Å². The van der Waals surface area contributed by atoms with Crippen LogP contribution in [0, 0.1) is 5.92 Å². The molecule has 0 fully saturated rings. The molecule has 182 valence electrons. The molecule has 0 rings (SSSR count). The summed E-state index contributed by atoms with van der Waals surface area (Å²) in [5.74, 6) is -0.252. The highest BCUT2D eigenvalue weighted by Crippen LogP contribution is 2.21. The zero-order chi connectivity index (χ0) is 25.1. The first-order chi connectivity index (χ1) is 15.6. The summed E-state index contributed by atoms with van der Waals surface area (Å²) in [6.45, 7) is 5.91. The Morgan fingerprint density at radius 2 is 1.64 bits per heavy atom. The number of Topliss-reactive ketones (excluding diaryl/α,β-unsaturated/α-hetero) is 1. The summed E-state index contributed by atoms with van der Waals surface area (Å²) in [4.78, 5) is 33.8. The Kier molecular flexibility index (Phi) is 17.1. The number of ketones is 1. The van der Waals surface area contributed by atoms with Crippen LogP contribution in [0.4, 0.5) is 4.79 Å². The molecule has 6 nitrogen and oxygen atoms in total. The third kappa shape index (κ3) is 18.4. The molecule has 0 aliphatic carbocycles. The van der Waals surface area contributed by atoms with Crippen LogP contribution in [-0.2, 0) is 14.3 Å². The second-order valence-electron chi connectivity index (χ2n) is 7.65. The van der Waals surface area contributed by atoms with Gasteiger partial charge in [-0.15, -0.1) is 0 Å². The third-order valence-electron chi connectivity index (χ3n) is 4.58. The smallest absolute Gasteiger partial charge is 0.405 e. The van der Waals surface area contributed by atoms with Crippen LogP contribution in [0.25, 0.3) is 0 Å². The Balaban J connectivity index is 4.41. The first-order valence-electron chi connectivity index (χ1n) is 11.1. The minimum atomic E-state index is -0.809. The second-order valence-corrected chi connectivity index (χ2v) is 8.09. The van der Waals surface area contributed by atoms with Crippen LogP contribution in [0.1, 0.15) is 59.3 Å². The van der Waals surface area contributed by atoms with Crippen molar-refractivity contribution in [2.75, 3.05) is 0 Å². The van der Waals surface area contributed by atoms with E-state index in [-0.39, 0.29) is 11.7 Å². The molecular formula is C26H37ClN2O4. The van der Waals surface area contributed by atoms with Gasteiger partial charge in [0.1, 0.15) is 11.9 Å². The van der Waals surface area contributed by atoms with Crippen LogP contribution in [-0.4, -0.2) is 23.9 Å². The summed E-state index contributed by atoms with van der Waals surface area (Å²) in [6, 6.07) is 0. The quantitative estimate of drug-likeness (QED) is 0.166. The summed E-state index contributed by atoms with van der Waals surface area (Å²) >= 11 is 6.35. The monoisotopic (exact) mass is 476 g/mol. The predicted molar refractivity (Wildman–Crippen MR) is 135 cm³/mol. The lowest BCUT2D eigenvalue weighted by molar-refractivity contribution is -0.119. The fourth-order valence-electron chi connectivity index (χ4n) is 2.70. The summed E-state index contributed by atoms with van der Waals surface area (Å²) < 4.78 is 5.04. The average Bonchev–Trinajstić information content (AvgIpc) is 2.75. The van der Waals surface area contributed by atoms with Crippen molar-refractivity contribution < 1.29 is 19.1 Å². The number of nitrogens with two attached hydrogens (primary N) is 2. The number of primary amides is 2. The molecule has 0 saturated heterocycles. The van der Waals surface area contributed by atoms with Gasteiger partial charge in [0.15, 0.2) is 0 Å². The number of rotatable bonds is 16. The fourth-order valence-corrected chi connectivity index (χ4v) is 2.89. The van der Waals surface area contributed by atoms with Gasteiger partial charge in [0.25, 0.3) is 0 Å². The first kappa shape index (κ1) is 30.1. The van der Waals surface area contributed by atoms with Crippen molar-refractivity contribution in [3.8, 4) is 0 Å². The largest absolute Gasteiger partial charge is 0.442 e. The van der Waals surface area contributed by atoms with E-state index in [2.05, 4.69) is 0 Å². The Bertz CT molecular complexity index is 807. The van der Waals surface area contributed by atoms with E-state index in [4.69, 9.17) is 27.8 Å². The predicted octanol–water partition coefficient (Wildman–Crippen LogP) is 5.80. The Morgan fingerprint density at radius 1 is 0.970 bits per heavy atom. The van der Waals surface area contributed by atoms with Crippen molar-refractivity contribution in [1.29, 1.82) is 0 Å². The van der Waals surface area contributed by atoms with E-state index in [1.165, 1.54) is 6.08 Å². The SMILES string of the molecule is CC/C=C/[C@H](CCCC(=O)CC[C@H](C)/C(Cl)=C/C=C/C=C(C)/C=C/C=C/C(N)=O)OC(N)=O. The normalized spacial score (nSPS) is 15.0. The van der Waals surface area contributed by atoms with Crippen molar-refractivity contribution >= 4 is 29.4 Å². The summed E-state index contributed by atoms with van der Waals surface area (Å²) in [5.41, 5.74) is 11.1. The van der Waals surface area contributed by atoms with Crippen molar-refractivity contribution in [3.05, 3.63) is 71.4 Å². The van der Waals surface area contributed by atoms with E-state index in [0.29, 0.717) is 37.1 Å². The molecule has 0 aromatic carbocycles. The second kappa shape index (κ2) is 18.7. The average molecular weight is 477 g/mol. The number of ether oxygens (including phenoxy) is 1. The molecule has 7 heteroatoms. The molecule has 0 aromatic heterocycles. The van der Waals surface area contributed by atoms with Crippen molar-refractivity contribution in [3.63, 3.8) is 0 Å². The Morgan fingerprint density at radius 3 is 2.27 bits per heavy atom. The van der Waals surface area contributed by atoms with Gasteiger partial charge in [0.2, 0.25) is 5.91 Å². The summed E-state index contributed by atoms with van der Waals surface area (Å²) in [7, 11) is 0. The number of amides is 2. The van der Waals surface area contributed by atoms with Gasteiger partial charge in [0, 0.05) is 23.9 Å². The van der Waals surface area contributed by atoms with Gasteiger partial charge in [-0.05, 0) is 50.7 Å². The lowest BCUT2D eigenvalue weighted by Crippen LogP contribution is -2.21. The third-order valence-corrected chi connectivity index (χ3v) is 5.08. The standard InChI is InChI=1S/C26H37ClN2O4/c1-4-5-14-23(33-26(29)32)15-10-13-22(30)19-18-21(3)24(27)16-8-6-11-20(2)12-7-9-17-25(28)31/h5-9,11-12,14,16-17,21,23H,4,10,13,15,18-19H2,1-3H3,(H2,28,31)(H2,29,32)/b8-6+,12-7+,14-5+,17-9+,20-11+,24-16-/t21-,23+/m0/s1. The zero-order valence-electron chi connectivity index (χ0n) is 19.8. The molecule has 0 spiro atoms. The topological polar surface area (TPSA) is 112 Å². The summed E-state index contributed by atoms with van der Waals surface area (Å²) in [5, 5.41) is 0.685. The van der Waals surface area contributed by atoms with Crippen LogP contribution >= 0.6 is 11.6 Å². The number of carbonyl (C=O) groups is 3. The Hall–Kier alpha value is -2.86. The van der Waals surface area contributed by atoms with Gasteiger partial charge >= 0.3 is 6.09 Å². The van der Waals surface area contributed by atoms with Crippen molar-refractivity contribution in [2.45, 2.75) is 65.4 Å². The number of halogens is 1. The van der Waals surface area contributed by atoms with Crippen molar-refractivity contribution in [1.82, 2.24) is 0 Å². The van der Waals surface area contributed by atoms with Gasteiger partial charge in [0.05, 0.1) is 0 Å². The van der Waals surface area contributed by atoms with E-state index in [0.717, 1.165) is 12.0 Å². The maximum atomic E-state index is 12.2. The fraction of sp³-hybridized carbons (Fsp3) is 0.423. The molecule has 4 N–H and O–H groups in total. The summed E-state index contributed by atoms with van der Waals surface area (Å²) in [6.07, 6.45) is 20.0. The molecule has 0 unspecified atom stereocenters. The van der Waals surface area contributed by atoms with Gasteiger partial charge in [-0.2, -0.15) is 0 Å². The molecule has 33 heavy (non-hydrogen) atoms. The number of hydrogen-bond donors (Lipinski definition) is 2. The molecule has 0 aromatic rings. The van der Waals surface area contributed by atoms with Crippen LogP contribution < -0.4 is 11.5 Å². The molecule has 2 atom stereocenters. The molecule has 0 saturated carbocycles. The number of carbonyl (C=O) groups excluding carboxylic acids is 3. The van der Waals surface area contributed by atoms with Crippen LogP contribution in [0.3, 0.4) is 0 Å². The Labute approximate surface area is 202 Å². The number of hydrogen-bond acceptors (Lipinski definition) is 4. The van der Waals surface area contributed by atoms with Gasteiger partial charge in [-0.1, -0.05) is 73.6 Å². The minimum Gasteiger partial charge on any atom is -0.442 e. The first-order valence-corrected chi connectivity index (χ1v) is 11.5. The van der Waals surface area contributed by atoms with Gasteiger partial charge in [-0.3, -0.25) is 9.59 Å². The molecule has 0 heterocycles. The maximum absolute atomic E-state index is 12.2. The van der Waals surface area contributed by atoms with Gasteiger partial charge < -0.3 is 16.2 Å². The minimum absolute atomic E-state index is 0.0719. The van der Waals surface area contributed by atoms with E-state index < -0.39 is 18.1 Å². The zero-order valence-corrected chi connectivity index (χ0v) is 20.6. The lowest BCUT2D eigenvalue weighted by Gasteiger charge is -2.13. The highest BCUT2D eigenvalue weighted by molar-refractivity contribution is 6.29.